The normalized spacial score (nSPS) is 13.2. The molecule has 0 unspecified atom stereocenters. The average Bonchev–Trinajstić information content (AvgIpc) is 3.34. The molecule has 2 aromatic rings. The van der Waals surface area contributed by atoms with E-state index in [9.17, 15) is 14.4 Å². The number of aromatic nitrogens is 1. The number of hydrogen-bond donors (Lipinski definition) is 2. The first-order chi connectivity index (χ1) is 11.6. The number of carbonyl (C=O) groups excluding carboxylic acids is 3. The van der Waals surface area contributed by atoms with Crippen LogP contribution in [0, 0.1) is 5.92 Å². The second-order valence-corrected chi connectivity index (χ2v) is 5.32. The zero-order valence-corrected chi connectivity index (χ0v) is 12.9. The van der Waals surface area contributed by atoms with Gasteiger partial charge in [-0.05, 0) is 37.1 Å². The largest absolute Gasteiger partial charge is 0.465 e. The van der Waals surface area contributed by atoms with Crippen molar-refractivity contribution in [2.24, 2.45) is 5.92 Å². The Kier molecular flexibility index (Phi) is 4.28. The van der Waals surface area contributed by atoms with Gasteiger partial charge in [-0.2, -0.15) is 4.98 Å². The molecule has 0 aliphatic heterocycles. The van der Waals surface area contributed by atoms with Gasteiger partial charge in [0.1, 0.15) is 6.26 Å². The van der Waals surface area contributed by atoms with E-state index in [1.54, 1.807) is 12.1 Å². The average molecular weight is 329 g/mol. The highest BCUT2D eigenvalue weighted by molar-refractivity contribution is 6.03. The summed E-state index contributed by atoms with van der Waals surface area (Å²) in [5, 5.41) is 5.14. The van der Waals surface area contributed by atoms with E-state index in [1.807, 2.05) is 0 Å². The first-order valence-electron chi connectivity index (χ1n) is 7.33. The number of hydrogen-bond acceptors (Lipinski definition) is 6. The van der Waals surface area contributed by atoms with Crippen LogP contribution in [0.4, 0.5) is 11.7 Å². The molecule has 0 spiro atoms. The molecule has 1 saturated carbocycles. The molecule has 2 amide bonds. The molecule has 124 valence electrons. The van der Waals surface area contributed by atoms with Crippen LogP contribution in [0.15, 0.2) is 34.9 Å². The molecule has 24 heavy (non-hydrogen) atoms. The van der Waals surface area contributed by atoms with Crippen molar-refractivity contribution < 1.29 is 23.5 Å². The van der Waals surface area contributed by atoms with Gasteiger partial charge in [0.05, 0.1) is 12.7 Å². The second kappa shape index (κ2) is 6.53. The van der Waals surface area contributed by atoms with Gasteiger partial charge in [0.2, 0.25) is 5.91 Å². The Morgan fingerprint density at radius 3 is 2.50 bits per heavy atom. The van der Waals surface area contributed by atoms with Gasteiger partial charge < -0.3 is 14.5 Å². The summed E-state index contributed by atoms with van der Waals surface area (Å²) in [5.41, 5.74) is 0.902. The van der Waals surface area contributed by atoms with Crippen LogP contribution in [0.5, 0.6) is 0 Å². The second-order valence-electron chi connectivity index (χ2n) is 5.32. The Labute approximate surface area is 137 Å². The molecule has 1 aromatic heterocycles. The summed E-state index contributed by atoms with van der Waals surface area (Å²) in [6.07, 6.45) is 2.89. The number of benzene rings is 1. The van der Waals surface area contributed by atoms with Crippen LogP contribution in [0.3, 0.4) is 0 Å². The minimum absolute atomic E-state index is 0.00177. The molecule has 0 atom stereocenters. The van der Waals surface area contributed by atoms with Crippen molar-refractivity contribution in [3.8, 4) is 0 Å². The van der Waals surface area contributed by atoms with Crippen molar-refractivity contribution in [2.45, 2.75) is 12.8 Å². The summed E-state index contributed by atoms with van der Waals surface area (Å²) in [7, 11) is 1.29. The maximum absolute atomic E-state index is 12.1. The van der Waals surface area contributed by atoms with Crippen molar-refractivity contribution in [1.29, 1.82) is 0 Å². The van der Waals surface area contributed by atoms with Crippen LogP contribution in [-0.4, -0.2) is 29.9 Å². The number of esters is 1. The van der Waals surface area contributed by atoms with Gasteiger partial charge in [-0.15, -0.1) is 0 Å². The molecule has 0 saturated heterocycles. The van der Waals surface area contributed by atoms with Crippen LogP contribution >= 0.6 is 0 Å². The number of rotatable bonds is 5. The van der Waals surface area contributed by atoms with E-state index in [0.29, 0.717) is 11.3 Å². The van der Waals surface area contributed by atoms with Gasteiger partial charge in [0.25, 0.3) is 5.91 Å². The van der Waals surface area contributed by atoms with E-state index in [1.165, 1.54) is 25.5 Å². The first-order valence-corrected chi connectivity index (χ1v) is 7.33. The molecule has 8 nitrogen and oxygen atoms in total. The first kappa shape index (κ1) is 15.7. The fourth-order valence-electron chi connectivity index (χ4n) is 1.99. The molecule has 1 heterocycles. The molecule has 2 N–H and O–H groups in total. The number of nitrogens with zero attached hydrogens (tertiary/aromatic N) is 1. The fraction of sp³-hybridized carbons (Fsp3) is 0.250. The van der Waals surface area contributed by atoms with Crippen molar-refractivity contribution in [3.63, 3.8) is 0 Å². The summed E-state index contributed by atoms with van der Waals surface area (Å²) < 4.78 is 9.67. The summed E-state index contributed by atoms with van der Waals surface area (Å²) in [6.45, 7) is 0. The third-order valence-corrected chi connectivity index (χ3v) is 3.48. The van der Waals surface area contributed by atoms with Crippen molar-refractivity contribution in [2.75, 3.05) is 17.7 Å². The van der Waals surface area contributed by atoms with Gasteiger partial charge in [0, 0.05) is 11.6 Å². The predicted octanol–water partition coefficient (Wildman–Crippen LogP) is 2.06. The topological polar surface area (TPSA) is 111 Å². The Hall–Kier alpha value is -3.16. The van der Waals surface area contributed by atoms with Crippen molar-refractivity contribution in [3.05, 3.63) is 41.8 Å². The van der Waals surface area contributed by atoms with Gasteiger partial charge in [-0.1, -0.05) is 0 Å². The van der Waals surface area contributed by atoms with Crippen LogP contribution in [-0.2, 0) is 9.53 Å². The Morgan fingerprint density at radius 2 is 1.88 bits per heavy atom. The van der Waals surface area contributed by atoms with Gasteiger partial charge in [0.15, 0.2) is 5.69 Å². The van der Waals surface area contributed by atoms with Crippen molar-refractivity contribution >= 4 is 29.5 Å². The van der Waals surface area contributed by atoms with Crippen molar-refractivity contribution in [1.82, 2.24) is 4.98 Å². The molecule has 1 fully saturated rings. The van der Waals surface area contributed by atoms with E-state index >= 15 is 0 Å². The third-order valence-electron chi connectivity index (χ3n) is 3.48. The highest BCUT2D eigenvalue weighted by Crippen LogP contribution is 2.30. The van der Waals surface area contributed by atoms with Gasteiger partial charge in [-0.25, -0.2) is 4.79 Å². The smallest absolute Gasteiger partial charge is 0.337 e. The molecular weight excluding hydrogens is 314 g/mol. The molecule has 0 bridgehead atoms. The van der Waals surface area contributed by atoms with E-state index in [0.717, 1.165) is 12.8 Å². The van der Waals surface area contributed by atoms with Crippen LogP contribution in [0.2, 0.25) is 0 Å². The maximum Gasteiger partial charge on any atom is 0.337 e. The zero-order chi connectivity index (χ0) is 17.1. The quantitative estimate of drug-likeness (QED) is 0.812. The molecule has 3 rings (SSSR count). The number of carbonyl (C=O) groups is 3. The monoisotopic (exact) mass is 329 g/mol. The number of amides is 2. The van der Waals surface area contributed by atoms with Crippen LogP contribution in [0.1, 0.15) is 33.7 Å². The highest BCUT2D eigenvalue weighted by Gasteiger charge is 2.30. The minimum Gasteiger partial charge on any atom is -0.465 e. The van der Waals surface area contributed by atoms with Crippen LogP contribution < -0.4 is 10.6 Å². The number of nitrogens with one attached hydrogen (secondary N) is 2. The van der Waals surface area contributed by atoms with E-state index in [2.05, 4.69) is 20.4 Å². The molecule has 1 aliphatic rings. The SMILES string of the molecule is COC(=O)c1ccc(NC(=O)c2coc(NC(=O)C3CC3)n2)cc1. The highest BCUT2D eigenvalue weighted by atomic mass is 16.5. The Balaban J connectivity index is 1.61. The predicted molar refractivity (Wildman–Crippen MR) is 83.6 cm³/mol. The number of anilines is 2. The lowest BCUT2D eigenvalue weighted by Gasteiger charge is -2.04. The molecule has 1 aromatic carbocycles. The van der Waals surface area contributed by atoms with Gasteiger partial charge >= 0.3 is 12.0 Å². The molecular formula is C16H15N3O5. The van der Waals surface area contributed by atoms with E-state index in [-0.39, 0.29) is 23.5 Å². The molecule has 8 heteroatoms. The standard InChI is InChI=1S/C16H15N3O5/c1-23-15(22)10-4-6-11(7-5-10)17-14(21)12-8-24-16(18-12)19-13(20)9-2-3-9/h4-9H,2-3H2,1H3,(H,17,21)(H,18,19,20). The Bertz CT molecular complexity index is 777. The lowest BCUT2D eigenvalue weighted by molar-refractivity contribution is -0.117. The number of methoxy groups -OCH3 is 1. The molecule has 0 radical (unpaired) electrons. The summed E-state index contributed by atoms with van der Waals surface area (Å²) in [4.78, 5) is 39.0. The summed E-state index contributed by atoms with van der Waals surface area (Å²) >= 11 is 0. The van der Waals surface area contributed by atoms with E-state index < -0.39 is 11.9 Å². The van der Waals surface area contributed by atoms with Gasteiger partial charge in [-0.3, -0.25) is 14.9 Å². The van der Waals surface area contributed by atoms with E-state index in [4.69, 9.17) is 4.42 Å². The maximum atomic E-state index is 12.1. The minimum atomic E-state index is -0.489. The number of ether oxygens (including phenoxy) is 1. The lowest BCUT2D eigenvalue weighted by Crippen LogP contribution is -2.15. The third kappa shape index (κ3) is 3.60. The molecule has 1 aliphatic carbocycles. The Morgan fingerprint density at radius 1 is 1.17 bits per heavy atom. The summed E-state index contributed by atoms with van der Waals surface area (Å²) in [6, 6.07) is 6.20. The summed E-state index contributed by atoms with van der Waals surface area (Å²) in [5.74, 6) is -1.08. The van der Waals surface area contributed by atoms with Crippen LogP contribution in [0.25, 0.3) is 0 Å². The fourth-order valence-corrected chi connectivity index (χ4v) is 1.99. The zero-order valence-electron chi connectivity index (χ0n) is 12.9. The number of oxazole rings is 1. The lowest BCUT2D eigenvalue weighted by atomic mass is 10.2.